The molecular weight excluding hydrogens is 362 g/mol. The van der Waals surface area contributed by atoms with Crippen LogP contribution in [0.25, 0.3) is 10.9 Å². The molecule has 6 heteroatoms. The maximum atomic E-state index is 13.4. The summed E-state index contributed by atoms with van der Waals surface area (Å²) in [5.74, 6) is -2.65. The van der Waals surface area contributed by atoms with Gasteiger partial charge in [0.1, 0.15) is 6.10 Å². The van der Waals surface area contributed by atoms with Gasteiger partial charge in [-0.1, -0.05) is 24.6 Å². The highest BCUT2D eigenvalue weighted by molar-refractivity contribution is 5.89. The van der Waals surface area contributed by atoms with Gasteiger partial charge in [-0.05, 0) is 49.1 Å². The summed E-state index contributed by atoms with van der Waals surface area (Å²) in [6.45, 7) is 0.661. The fraction of sp³-hybridized carbons (Fsp3) is 0.318. The number of fused-ring (bicyclic) bond motifs is 1. The molecule has 0 bridgehead atoms. The van der Waals surface area contributed by atoms with E-state index in [0.29, 0.717) is 6.54 Å². The number of H-pyrrole nitrogens is 1. The Labute approximate surface area is 161 Å². The van der Waals surface area contributed by atoms with Crippen molar-refractivity contribution in [2.24, 2.45) is 0 Å². The molecule has 0 aliphatic heterocycles. The van der Waals surface area contributed by atoms with Gasteiger partial charge < -0.3 is 15.0 Å². The number of ether oxygens (including phenoxy) is 1. The van der Waals surface area contributed by atoms with E-state index in [1.807, 2.05) is 24.4 Å². The zero-order valence-corrected chi connectivity index (χ0v) is 15.4. The molecular formula is C22H22F2N2O2. The van der Waals surface area contributed by atoms with Crippen LogP contribution in [0.1, 0.15) is 41.6 Å². The largest absolute Gasteiger partial charge is 0.457 e. The molecule has 2 atom stereocenters. The fourth-order valence-electron chi connectivity index (χ4n) is 3.82. The molecule has 0 spiro atoms. The molecule has 146 valence electrons. The number of nitrogens with one attached hydrogen (secondary N) is 2. The lowest BCUT2D eigenvalue weighted by Crippen LogP contribution is -2.44. The van der Waals surface area contributed by atoms with Gasteiger partial charge in [-0.15, -0.1) is 0 Å². The summed E-state index contributed by atoms with van der Waals surface area (Å²) in [6, 6.07) is 11.2. The summed E-state index contributed by atoms with van der Waals surface area (Å²) >= 11 is 0. The van der Waals surface area contributed by atoms with Crippen molar-refractivity contribution in [1.29, 1.82) is 0 Å². The number of benzene rings is 2. The summed E-state index contributed by atoms with van der Waals surface area (Å²) in [6.07, 6.45) is 5.38. The normalized spacial score (nSPS) is 19.6. The highest BCUT2D eigenvalue weighted by atomic mass is 19.2. The van der Waals surface area contributed by atoms with Crippen LogP contribution < -0.4 is 5.32 Å². The standard InChI is InChI=1S/C22H22F2N2O2/c23-17-10-9-14(11-18(17)24)22(27)28-21-8-4-3-7-20(21)26-13-15-12-25-19-6-2-1-5-16(15)19/h1-2,5-6,9-12,20-21,25-26H,3-4,7-8,13H2/t20-,21+/m0/s1. The smallest absolute Gasteiger partial charge is 0.338 e. The van der Waals surface area contributed by atoms with Gasteiger partial charge in [0.15, 0.2) is 11.6 Å². The molecule has 1 aliphatic rings. The highest BCUT2D eigenvalue weighted by Crippen LogP contribution is 2.24. The quantitative estimate of drug-likeness (QED) is 0.627. The van der Waals surface area contributed by atoms with E-state index in [2.05, 4.69) is 16.4 Å². The molecule has 0 radical (unpaired) electrons. The molecule has 3 aromatic rings. The van der Waals surface area contributed by atoms with Crippen LogP contribution in [-0.4, -0.2) is 23.1 Å². The first-order chi connectivity index (χ1) is 13.6. The van der Waals surface area contributed by atoms with Crippen LogP contribution in [0, 0.1) is 11.6 Å². The van der Waals surface area contributed by atoms with E-state index in [1.165, 1.54) is 11.5 Å². The molecule has 1 aromatic heterocycles. The van der Waals surface area contributed by atoms with Crippen LogP contribution in [-0.2, 0) is 11.3 Å². The van der Waals surface area contributed by atoms with Crippen molar-refractivity contribution in [2.75, 3.05) is 0 Å². The van der Waals surface area contributed by atoms with Crippen LogP contribution in [0.15, 0.2) is 48.7 Å². The van der Waals surface area contributed by atoms with Gasteiger partial charge in [-0.2, -0.15) is 0 Å². The topological polar surface area (TPSA) is 54.1 Å². The van der Waals surface area contributed by atoms with Gasteiger partial charge in [-0.3, -0.25) is 0 Å². The Morgan fingerprint density at radius 2 is 1.93 bits per heavy atom. The molecule has 2 aromatic carbocycles. The number of esters is 1. The summed E-state index contributed by atoms with van der Waals surface area (Å²) in [5.41, 5.74) is 2.27. The van der Waals surface area contributed by atoms with E-state index in [4.69, 9.17) is 4.74 Å². The molecule has 1 fully saturated rings. The SMILES string of the molecule is O=C(O[C@@H]1CCCC[C@@H]1NCc1c[nH]c2ccccc12)c1ccc(F)c(F)c1. The van der Waals surface area contributed by atoms with Crippen molar-refractivity contribution in [3.05, 3.63) is 71.4 Å². The first-order valence-corrected chi connectivity index (χ1v) is 9.56. The Kier molecular flexibility index (Phi) is 5.39. The zero-order chi connectivity index (χ0) is 19.5. The van der Waals surface area contributed by atoms with E-state index >= 15 is 0 Å². The van der Waals surface area contributed by atoms with Crippen LogP contribution in [0.5, 0.6) is 0 Å². The van der Waals surface area contributed by atoms with Gasteiger partial charge >= 0.3 is 5.97 Å². The molecule has 1 aliphatic carbocycles. The average molecular weight is 384 g/mol. The summed E-state index contributed by atoms with van der Waals surface area (Å²) in [5, 5.41) is 4.68. The van der Waals surface area contributed by atoms with Gasteiger partial charge in [0.2, 0.25) is 0 Å². The van der Waals surface area contributed by atoms with E-state index in [9.17, 15) is 13.6 Å². The first-order valence-electron chi connectivity index (χ1n) is 9.56. The third kappa shape index (κ3) is 3.92. The van der Waals surface area contributed by atoms with E-state index < -0.39 is 17.6 Å². The van der Waals surface area contributed by atoms with E-state index in [-0.39, 0.29) is 17.7 Å². The molecule has 0 saturated heterocycles. The Bertz CT molecular complexity index is 986. The van der Waals surface area contributed by atoms with Crippen molar-refractivity contribution >= 4 is 16.9 Å². The molecule has 28 heavy (non-hydrogen) atoms. The second kappa shape index (κ2) is 8.10. The number of rotatable bonds is 5. The van der Waals surface area contributed by atoms with Crippen LogP contribution >= 0.6 is 0 Å². The highest BCUT2D eigenvalue weighted by Gasteiger charge is 2.28. The predicted molar refractivity (Wildman–Crippen MR) is 103 cm³/mol. The number of para-hydroxylation sites is 1. The van der Waals surface area contributed by atoms with E-state index in [0.717, 1.165) is 48.9 Å². The van der Waals surface area contributed by atoms with Crippen molar-refractivity contribution in [1.82, 2.24) is 10.3 Å². The monoisotopic (exact) mass is 384 g/mol. The van der Waals surface area contributed by atoms with Gasteiger partial charge in [0.25, 0.3) is 0 Å². The molecule has 1 saturated carbocycles. The summed E-state index contributed by atoms with van der Waals surface area (Å²) in [7, 11) is 0. The summed E-state index contributed by atoms with van der Waals surface area (Å²) in [4.78, 5) is 15.6. The van der Waals surface area contributed by atoms with Crippen molar-refractivity contribution < 1.29 is 18.3 Å². The molecule has 2 N–H and O–H groups in total. The molecule has 0 unspecified atom stereocenters. The molecule has 4 nitrogen and oxygen atoms in total. The van der Waals surface area contributed by atoms with Gasteiger partial charge in [-0.25, -0.2) is 13.6 Å². The minimum atomic E-state index is -1.05. The van der Waals surface area contributed by atoms with Crippen LogP contribution in [0.3, 0.4) is 0 Å². The van der Waals surface area contributed by atoms with Crippen molar-refractivity contribution in [2.45, 2.75) is 44.4 Å². The fourth-order valence-corrected chi connectivity index (χ4v) is 3.82. The lowest BCUT2D eigenvalue weighted by molar-refractivity contribution is 0.00986. The number of halogens is 2. The Morgan fingerprint density at radius 3 is 2.79 bits per heavy atom. The summed E-state index contributed by atoms with van der Waals surface area (Å²) < 4.78 is 32.1. The van der Waals surface area contributed by atoms with Gasteiger partial charge in [0.05, 0.1) is 5.56 Å². The maximum absolute atomic E-state index is 13.4. The number of carbonyl (C=O) groups is 1. The third-order valence-corrected chi connectivity index (χ3v) is 5.35. The lowest BCUT2D eigenvalue weighted by Gasteiger charge is -2.32. The van der Waals surface area contributed by atoms with E-state index in [1.54, 1.807) is 0 Å². The molecule has 4 rings (SSSR count). The van der Waals surface area contributed by atoms with Crippen molar-refractivity contribution in [3.63, 3.8) is 0 Å². The predicted octanol–water partition coefficient (Wildman–Crippen LogP) is 4.70. The number of hydrogen-bond acceptors (Lipinski definition) is 3. The third-order valence-electron chi connectivity index (χ3n) is 5.35. The van der Waals surface area contributed by atoms with Crippen LogP contribution in [0.4, 0.5) is 8.78 Å². The second-order valence-electron chi connectivity index (χ2n) is 7.20. The lowest BCUT2D eigenvalue weighted by atomic mass is 9.92. The number of carbonyl (C=O) groups excluding carboxylic acids is 1. The average Bonchev–Trinajstić information content (AvgIpc) is 3.12. The Hall–Kier alpha value is -2.73. The van der Waals surface area contributed by atoms with Gasteiger partial charge in [0, 0.05) is 29.7 Å². The van der Waals surface area contributed by atoms with Crippen LogP contribution in [0.2, 0.25) is 0 Å². The Morgan fingerprint density at radius 1 is 1.11 bits per heavy atom. The minimum absolute atomic E-state index is 0.0247. The number of hydrogen-bond donors (Lipinski definition) is 2. The molecule has 1 heterocycles. The first kappa shape index (κ1) is 18.6. The minimum Gasteiger partial charge on any atom is -0.457 e. The zero-order valence-electron chi connectivity index (χ0n) is 15.4. The maximum Gasteiger partial charge on any atom is 0.338 e. The number of aromatic amines is 1. The van der Waals surface area contributed by atoms with Crippen molar-refractivity contribution in [3.8, 4) is 0 Å². The molecule has 0 amide bonds. The Balaban J connectivity index is 1.42. The number of aromatic nitrogens is 1. The second-order valence-corrected chi connectivity index (χ2v) is 7.20.